The predicted octanol–water partition coefficient (Wildman–Crippen LogP) is -2.76. The molecule has 0 rings (SSSR count). The third-order valence-corrected chi connectivity index (χ3v) is 0. The topological polar surface area (TPSA) is 57.5 Å². The van der Waals surface area contributed by atoms with Crippen LogP contribution in [-0.4, -0.2) is 9.79 Å². The first-order chi connectivity index (χ1) is 2.73. The van der Waals surface area contributed by atoms with Crippen LogP contribution < -0.4 is 29.6 Å². The molecule has 0 heterocycles. The van der Waals surface area contributed by atoms with E-state index < -0.39 is 8.25 Å². The fraction of sp³-hybridized carbons (Fsp3) is 0. The fourth-order valence-electron chi connectivity index (χ4n) is 0. The van der Waals surface area contributed by atoms with Crippen molar-refractivity contribution in [1.82, 2.24) is 0 Å². The Hall–Kier alpha value is 0.760. The zero-order chi connectivity index (χ0) is 5.58. The molecule has 0 saturated heterocycles. The molecule has 36 valence electrons. The molecule has 0 amide bonds. The third-order valence-electron chi connectivity index (χ3n) is 0. The summed E-state index contributed by atoms with van der Waals surface area (Å²) in [7, 11) is -2.87. The average Bonchev–Trinajstić information content (AvgIpc) is 1.41. The zero-order valence-electron chi connectivity index (χ0n) is 4.03. The van der Waals surface area contributed by atoms with Gasteiger partial charge in [0, 0.05) is 4.57 Å². The van der Waals surface area contributed by atoms with Gasteiger partial charge in [-0.2, -0.15) is 0 Å². The number of hydrogen-bond donors (Lipinski definition) is 2. The van der Waals surface area contributed by atoms with Crippen LogP contribution in [0.5, 0.6) is 0 Å². The summed E-state index contributed by atoms with van der Waals surface area (Å²) in [5.74, 6) is 0. The Morgan fingerprint density at radius 3 is 1.43 bits per heavy atom. The smallest absolute Gasteiger partial charge is 0.521 e. The van der Waals surface area contributed by atoms with E-state index in [0.29, 0.717) is 0 Å². The van der Waals surface area contributed by atoms with Crippen LogP contribution in [0.25, 0.3) is 0 Å². The van der Waals surface area contributed by atoms with Crippen molar-refractivity contribution in [2.24, 2.45) is 0 Å². The first-order valence-electron chi connectivity index (χ1n) is 0.991. The molecule has 0 fully saturated rings. The van der Waals surface area contributed by atoms with Gasteiger partial charge in [-0.1, -0.05) is 0 Å². The molecule has 0 aromatic heterocycles. The Labute approximate surface area is 65.3 Å². The van der Waals surface area contributed by atoms with Crippen molar-refractivity contribution in [1.29, 1.82) is 0 Å². The molecule has 0 aromatic carbocycles. The van der Waals surface area contributed by atoms with Crippen LogP contribution >= 0.6 is 8.25 Å². The van der Waals surface area contributed by atoms with E-state index >= 15 is 0 Å². The van der Waals surface area contributed by atoms with E-state index in [4.69, 9.17) is 14.4 Å². The SMILES string of the molecule is O=[P+](O)O.[CH-]=C.[Na+]. The number of rotatable bonds is 0. The van der Waals surface area contributed by atoms with E-state index in [2.05, 4.69) is 13.2 Å². The summed E-state index contributed by atoms with van der Waals surface area (Å²) in [6.45, 7) is 7.00. The zero-order valence-corrected chi connectivity index (χ0v) is 6.93. The molecule has 7 heavy (non-hydrogen) atoms. The van der Waals surface area contributed by atoms with Crippen molar-refractivity contribution in [3.8, 4) is 0 Å². The van der Waals surface area contributed by atoms with Gasteiger partial charge < -0.3 is 6.58 Å². The molecule has 0 aliphatic carbocycles. The van der Waals surface area contributed by atoms with Gasteiger partial charge in [-0.3, -0.25) is 6.58 Å². The molecule has 0 bridgehead atoms. The average molecular weight is 131 g/mol. The molecular formula is C2H5NaO3P+. The maximum Gasteiger partial charge on any atom is 1.00 e. The van der Waals surface area contributed by atoms with Crippen LogP contribution in [0, 0.1) is 6.58 Å². The summed E-state index contributed by atoms with van der Waals surface area (Å²) in [4.78, 5) is 14.2. The maximum absolute atomic E-state index is 8.70. The van der Waals surface area contributed by atoms with Crippen molar-refractivity contribution in [2.45, 2.75) is 0 Å². The third kappa shape index (κ3) is 265. The van der Waals surface area contributed by atoms with Gasteiger partial charge in [-0.15, -0.1) is 9.79 Å². The summed E-state index contributed by atoms with van der Waals surface area (Å²) in [6.07, 6.45) is 0. The van der Waals surface area contributed by atoms with Crippen molar-refractivity contribution < 1.29 is 43.9 Å². The maximum atomic E-state index is 8.70. The van der Waals surface area contributed by atoms with E-state index in [1.807, 2.05) is 0 Å². The summed E-state index contributed by atoms with van der Waals surface area (Å²) >= 11 is 0. The molecule has 0 aliphatic rings. The Balaban J connectivity index is -0.0000000480. The summed E-state index contributed by atoms with van der Waals surface area (Å²) in [6, 6.07) is 0. The van der Waals surface area contributed by atoms with Gasteiger partial charge in [0.05, 0.1) is 0 Å². The largest absolute Gasteiger partial charge is 1.00 e. The van der Waals surface area contributed by atoms with E-state index in [0.717, 1.165) is 0 Å². The van der Waals surface area contributed by atoms with E-state index in [-0.39, 0.29) is 29.6 Å². The normalized spacial score (nSPS) is 4.29. The molecule has 0 atom stereocenters. The molecule has 0 aromatic rings. The van der Waals surface area contributed by atoms with Gasteiger partial charge in [0.2, 0.25) is 0 Å². The van der Waals surface area contributed by atoms with Crippen LogP contribution in [-0.2, 0) is 4.57 Å². The van der Waals surface area contributed by atoms with Crippen LogP contribution in [0.15, 0.2) is 6.58 Å². The molecule has 0 unspecified atom stereocenters. The number of hydrogen-bond acceptors (Lipinski definition) is 1. The van der Waals surface area contributed by atoms with Gasteiger partial charge in [0.25, 0.3) is 0 Å². The van der Waals surface area contributed by atoms with Crippen molar-refractivity contribution in [2.75, 3.05) is 0 Å². The Morgan fingerprint density at radius 1 is 1.43 bits per heavy atom. The summed E-state index contributed by atoms with van der Waals surface area (Å²) in [5, 5.41) is 0. The summed E-state index contributed by atoms with van der Waals surface area (Å²) in [5.41, 5.74) is 0. The monoisotopic (exact) mass is 131 g/mol. The van der Waals surface area contributed by atoms with Gasteiger partial charge in [-0.25, -0.2) is 0 Å². The van der Waals surface area contributed by atoms with Crippen molar-refractivity contribution in [3.05, 3.63) is 13.2 Å². The Kier molecular flexibility index (Phi) is 35.5. The fourth-order valence-corrected chi connectivity index (χ4v) is 0. The van der Waals surface area contributed by atoms with Crippen molar-refractivity contribution >= 4 is 8.25 Å². The molecular weight excluding hydrogens is 126 g/mol. The van der Waals surface area contributed by atoms with E-state index in [1.54, 1.807) is 0 Å². The van der Waals surface area contributed by atoms with E-state index in [1.165, 1.54) is 0 Å². The molecule has 0 saturated carbocycles. The van der Waals surface area contributed by atoms with Gasteiger partial charge in [0.15, 0.2) is 0 Å². The minimum atomic E-state index is -2.87. The first kappa shape index (κ1) is 15.7. The predicted molar refractivity (Wildman–Crippen MR) is 22.0 cm³/mol. The minimum Gasteiger partial charge on any atom is -0.521 e. The quantitative estimate of drug-likeness (QED) is 0.213. The minimum absolute atomic E-state index is 0. The second-order valence-corrected chi connectivity index (χ2v) is 0.758. The molecule has 0 radical (unpaired) electrons. The molecule has 3 nitrogen and oxygen atoms in total. The van der Waals surface area contributed by atoms with Gasteiger partial charge >= 0.3 is 37.8 Å². The molecule has 2 N–H and O–H groups in total. The van der Waals surface area contributed by atoms with Crippen LogP contribution in [0.3, 0.4) is 0 Å². The van der Waals surface area contributed by atoms with Gasteiger partial charge in [0.1, 0.15) is 0 Å². The standard InChI is InChI=1S/C2H3.Na.HO3P/c1-2;;1-4(2)3/h1H,2H2;;(H-,1,2,3)/q-1;+1;/p+1. The van der Waals surface area contributed by atoms with E-state index in [9.17, 15) is 0 Å². The Morgan fingerprint density at radius 2 is 1.43 bits per heavy atom. The molecule has 5 heteroatoms. The van der Waals surface area contributed by atoms with Crippen LogP contribution in [0.2, 0.25) is 0 Å². The van der Waals surface area contributed by atoms with Gasteiger partial charge in [-0.05, 0) is 0 Å². The Bertz CT molecular complexity index is 44.2. The first-order valence-corrected chi connectivity index (χ1v) is 2.16. The van der Waals surface area contributed by atoms with Crippen LogP contribution in [0.4, 0.5) is 0 Å². The van der Waals surface area contributed by atoms with Crippen LogP contribution in [0.1, 0.15) is 0 Å². The second-order valence-electron chi connectivity index (χ2n) is 0.253. The summed E-state index contributed by atoms with van der Waals surface area (Å²) < 4.78 is 8.70. The molecule has 0 spiro atoms. The second kappa shape index (κ2) is 15.9. The van der Waals surface area contributed by atoms with Crippen molar-refractivity contribution in [3.63, 3.8) is 0 Å². The molecule has 0 aliphatic heterocycles.